The van der Waals surface area contributed by atoms with Crippen molar-refractivity contribution >= 4 is 5.78 Å². The second-order valence-corrected chi connectivity index (χ2v) is 8.69. The van der Waals surface area contributed by atoms with Crippen molar-refractivity contribution in [2.75, 3.05) is 13.7 Å². The van der Waals surface area contributed by atoms with Crippen LogP contribution in [0.15, 0.2) is 11.6 Å². The summed E-state index contributed by atoms with van der Waals surface area (Å²) in [5.41, 5.74) is 1.22. The molecule has 6 atom stereocenters. The van der Waals surface area contributed by atoms with E-state index in [9.17, 15) is 9.90 Å². The smallest absolute Gasteiger partial charge is 0.139 e. The van der Waals surface area contributed by atoms with Gasteiger partial charge >= 0.3 is 0 Å². The van der Waals surface area contributed by atoms with E-state index in [4.69, 9.17) is 4.74 Å². The Kier molecular flexibility index (Phi) is 3.73. The largest absolute Gasteiger partial charge is 0.389 e. The lowest BCUT2D eigenvalue weighted by atomic mass is 9.47. The lowest BCUT2D eigenvalue weighted by Gasteiger charge is -2.58. The van der Waals surface area contributed by atoms with Crippen LogP contribution in [0.5, 0.6) is 0 Å². The van der Waals surface area contributed by atoms with E-state index in [0.717, 1.165) is 58.0 Å². The van der Waals surface area contributed by atoms with Crippen LogP contribution < -0.4 is 0 Å². The molecule has 3 fully saturated rings. The Hall–Kier alpha value is -0.670. The van der Waals surface area contributed by atoms with Gasteiger partial charge in [0.05, 0.1) is 12.7 Å². The molecule has 0 amide bonds. The normalized spacial score (nSPS) is 49.2. The number of aliphatic hydroxyl groups excluding tert-OH is 1. The zero-order valence-electron chi connectivity index (χ0n) is 14.5. The predicted molar refractivity (Wildman–Crippen MR) is 88.9 cm³/mol. The lowest BCUT2D eigenvalue weighted by molar-refractivity contribution is -0.133. The van der Waals surface area contributed by atoms with Crippen LogP contribution in [0.3, 0.4) is 0 Å². The van der Waals surface area contributed by atoms with E-state index in [0.29, 0.717) is 23.5 Å². The summed E-state index contributed by atoms with van der Waals surface area (Å²) in [5.74, 6) is 2.23. The first-order chi connectivity index (χ1) is 11.0. The molecule has 0 bridgehead atoms. The maximum absolute atomic E-state index is 12.5. The number of carbonyl (C=O) groups excluding carboxylic acids is 1. The summed E-state index contributed by atoms with van der Waals surface area (Å²) in [4.78, 5) is 12.5. The number of ketones is 1. The van der Waals surface area contributed by atoms with Gasteiger partial charge in [0.25, 0.3) is 0 Å². The zero-order valence-corrected chi connectivity index (χ0v) is 14.5. The fourth-order valence-electron chi connectivity index (χ4n) is 6.84. The summed E-state index contributed by atoms with van der Waals surface area (Å²) in [6.07, 6.45) is 10.2. The lowest BCUT2D eigenvalue weighted by Crippen LogP contribution is -2.54. The van der Waals surface area contributed by atoms with Gasteiger partial charge in [0.1, 0.15) is 5.78 Å². The highest BCUT2D eigenvalue weighted by Gasteiger charge is 2.60. The Balaban J connectivity index is 1.74. The molecule has 3 saturated carbocycles. The third-order valence-electron chi connectivity index (χ3n) is 7.90. The maximum Gasteiger partial charge on any atom is 0.139 e. The maximum atomic E-state index is 12.5. The first kappa shape index (κ1) is 15.8. The van der Waals surface area contributed by atoms with Crippen molar-refractivity contribution in [1.82, 2.24) is 0 Å². The molecule has 0 spiro atoms. The van der Waals surface area contributed by atoms with Crippen molar-refractivity contribution in [1.29, 1.82) is 0 Å². The average molecular weight is 318 g/mol. The van der Waals surface area contributed by atoms with E-state index in [2.05, 4.69) is 13.0 Å². The van der Waals surface area contributed by atoms with Crippen molar-refractivity contribution in [3.05, 3.63) is 11.6 Å². The summed E-state index contributed by atoms with van der Waals surface area (Å²) >= 11 is 0. The zero-order chi connectivity index (χ0) is 16.2. The number of rotatable bonds is 2. The molecule has 0 unspecified atom stereocenters. The van der Waals surface area contributed by atoms with Gasteiger partial charge in [0.2, 0.25) is 0 Å². The topological polar surface area (TPSA) is 46.5 Å². The molecule has 0 aromatic rings. The monoisotopic (exact) mass is 318 g/mol. The van der Waals surface area contributed by atoms with Gasteiger partial charge in [-0.15, -0.1) is 0 Å². The summed E-state index contributed by atoms with van der Waals surface area (Å²) in [7, 11) is 1.79. The van der Waals surface area contributed by atoms with Gasteiger partial charge in [-0.1, -0.05) is 13.0 Å². The first-order valence-corrected chi connectivity index (χ1v) is 9.44. The fraction of sp³-hybridized carbons (Fsp3) is 0.850. The van der Waals surface area contributed by atoms with E-state index in [-0.39, 0.29) is 16.9 Å². The van der Waals surface area contributed by atoms with Gasteiger partial charge in [-0.25, -0.2) is 0 Å². The number of methoxy groups -OCH3 is 1. The fourth-order valence-corrected chi connectivity index (χ4v) is 6.84. The second kappa shape index (κ2) is 5.42. The molecule has 1 N–H and O–H groups in total. The van der Waals surface area contributed by atoms with Crippen LogP contribution in [-0.4, -0.2) is 30.7 Å². The van der Waals surface area contributed by atoms with Crippen molar-refractivity contribution in [3.63, 3.8) is 0 Å². The first-order valence-electron chi connectivity index (χ1n) is 9.44. The molecule has 3 nitrogen and oxygen atoms in total. The number of hydrogen-bond donors (Lipinski definition) is 1. The van der Waals surface area contributed by atoms with Crippen LogP contribution in [0.2, 0.25) is 0 Å². The molecule has 4 aliphatic carbocycles. The van der Waals surface area contributed by atoms with Crippen LogP contribution in [-0.2, 0) is 9.53 Å². The number of Topliss-reactive ketones (excluding diaryl/α,β-unsaturated/α-hetero) is 1. The predicted octanol–water partition coefficient (Wildman–Crippen LogP) is 3.51. The molecule has 0 aromatic carbocycles. The Morgan fingerprint density at radius 3 is 2.87 bits per heavy atom. The summed E-state index contributed by atoms with van der Waals surface area (Å²) in [6.45, 7) is 2.95. The number of aliphatic hydroxyl groups is 1. The van der Waals surface area contributed by atoms with E-state index in [1.165, 1.54) is 5.57 Å². The third kappa shape index (κ3) is 2.05. The highest BCUT2D eigenvalue weighted by atomic mass is 16.5. The third-order valence-corrected chi connectivity index (χ3v) is 7.90. The Bertz CT molecular complexity index is 535. The quantitative estimate of drug-likeness (QED) is 0.793. The van der Waals surface area contributed by atoms with Crippen molar-refractivity contribution < 1.29 is 14.6 Å². The molecular weight excluding hydrogens is 288 g/mol. The number of fused-ring (bicyclic) bond motifs is 5. The molecular formula is C20H30O3. The van der Waals surface area contributed by atoms with Crippen molar-refractivity contribution in [2.45, 2.75) is 64.4 Å². The minimum absolute atomic E-state index is 0.0301. The van der Waals surface area contributed by atoms with Gasteiger partial charge < -0.3 is 9.84 Å². The van der Waals surface area contributed by atoms with Crippen molar-refractivity contribution in [3.8, 4) is 0 Å². The second-order valence-electron chi connectivity index (χ2n) is 8.69. The molecule has 4 rings (SSSR count). The minimum atomic E-state index is -0.279. The molecule has 4 aliphatic rings. The summed E-state index contributed by atoms with van der Waals surface area (Å²) < 4.78 is 5.68. The molecule has 3 heteroatoms. The van der Waals surface area contributed by atoms with Crippen molar-refractivity contribution in [2.24, 2.45) is 28.6 Å². The minimum Gasteiger partial charge on any atom is -0.389 e. The molecule has 0 aliphatic heterocycles. The summed E-state index contributed by atoms with van der Waals surface area (Å²) in [6, 6.07) is 0. The molecule has 0 aromatic heterocycles. The molecule has 23 heavy (non-hydrogen) atoms. The molecule has 0 heterocycles. The van der Waals surface area contributed by atoms with Crippen LogP contribution in [0.25, 0.3) is 0 Å². The number of hydrogen-bond acceptors (Lipinski definition) is 3. The molecule has 0 radical (unpaired) electrons. The van der Waals surface area contributed by atoms with E-state index in [1.54, 1.807) is 7.11 Å². The van der Waals surface area contributed by atoms with Crippen LogP contribution in [0.4, 0.5) is 0 Å². The Morgan fingerprint density at radius 1 is 1.26 bits per heavy atom. The molecule has 128 valence electrons. The van der Waals surface area contributed by atoms with Gasteiger partial charge in [-0.05, 0) is 68.3 Å². The Morgan fingerprint density at radius 2 is 2.09 bits per heavy atom. The number of ether oxygens (including phenoxy) is 1. The van der Waals surface area contributed by atoms with E-state index < -0.39 is 0 Å². The van der Waals surface area contributed by atoms with Gasteiger partial charge in [-0.2, -0.15) is 0 Å². The van der Waals surface area contributed by atoms with Gasteiger partial charge in [-0.3, -0.25) is 4.79 Å². The highest BCUT2D eigenvalue weighted by molar-refractivity contribution is 5.87. The van der Waals surface area contributed by atoms with E-state index in [1.807, 2.05) is 0 Å². The SMILES string of the molecule is COC[C@]12CCC[C@H](O)C1=CC[C@@H]1[C@@H]2CC[C@]2(C)C(=O)CC[C@@H]12. The van der Waals surface area contributed by atoms with Gasteiger partial charge in [0, 0.05) is 24.4 Å². The van der Waals surface area contributed by atoms with Crippen LogP contribution >= 0.6 is 0 Å². The Labute approximate surface area is 139 Å². The van der Waals surface area contributed by atoms with Gasteiger partial charge in [0.15, 0.2) is 0 Å². The number of allylic oxidation sites excluding steroid dienone is 1. The molecule has 0 saturated heterocycles. The van der Waals surface area contributed by atoms with E-state index >= 15 is 0 Å². The van der Waals surface area contributed by atoms with Crippen LogP contribution in [0.1, 0.15) is 58.3 Å². The van der Waals surface area contributed by atoms with Crippen LogP contribution in [0, 0.1) is 28.6 Å². The average Bonchev–Trinajstić information content (AvgIpc) is 2.83. The summed E-state index contributed by atoms with van der Waals surface area (Å²) in [5, 5.41) is 10.6. The highest BCUT2D eigenvalue weighted by Crippen LogP contribution is 2.64. The standard InChI is InChI=1S/C20H30O3/c1-19-11-9-15-13(14(19)7-8-18(19)22)5-6-16-17(21)4-3-10-20(15,16)12-23-2/h6,13-15,17,21H,3-5,7-12H2,1-2H3/t13-,14-,15-,17-,19-,20-/m0/s1. The number of carbonyl (C=O) groups is 1.